The fourth-order valence-electron chi connectivity index (χ4n) is 4.96. The number of halogens is 2. The van der Waals surface area contributed by atoms with Gasteiger partial charge in [0.2, 0.25) is 11.8 Å². The molecule has 0 aliphatic heterocycles. The van der Waals surface area contributed by atoms with Crippen LogP contribution in [-0.4, -0.2) is 44.3 Å². The lowest BCUT2D eigenvalue weighted by molar-refractivity contribution is -0.140. The predicted octanol–water partition coefficient (Wildman–Crippen LogP) is 6.46. The number of rotatable bonds is 13. The van der Waals surface area contributed by atoms with Crippen molar-refractivity contribution in [1.82, 2.24) is 10.2 Å². The Hall–Kier alpha value is -4.21. The van der Waals surface area contributed by atoms with Gasteiger partial charge in [-0.2, -0.15) is 0 Å². The van der Waals surface area contributed by atoms with E-state index in [0.717, 1.165) is 15.4 Å². The molecule has 0 unspecified atom stereocenters. The zero-order valence-electron chi connectivity index (χ0n) is 25.5. The molecule has 4 aromatic rings. The molecule has 0 radical (unpaired) electrons. The molecule has 0 saturated carbocycles. The molecule has 236 valence electrons. The lowest BCUT2D eigenvalue weighted by atomic mass is 10.0. The van der Waals surface area contributed by atoms with Crippen molar-refractivity contribution in [1.29, 1.82) is 0 Å². The average Bonchev–Trinajstić information content (AvgIpc) is 3.02. The van der Waals surface area contributed by atoms with Crippen LogP contribution in [0.4, 0.5) is 10.1 Å². The Morgan fingerprint density at radius 3 is 2.18 bits per heavy atom. The Labute approximate surface area is 269 Å². The molecule has 4 aromatic carbocycles. The van der Waals surface area contributed by atoms with Crippen LogP contribution < -0.4 is 9.62 Å². The van der Waals surface area contributed by atoms with Crippen LogP contribution in [0.2, 0.25) is 5.02 Å². The number of benzene rings is 4. The van der Waals surface area contributed by atoms with E-state index in [1.165, 1.54) is 29.2 Å². The molecule has 1 N–H and O–H groups in total. The first kappa shape index (κ1) is 33.7. The molecule has 7 nitrogen and oxygen atoms in total. The number of carbonyl (C=O) groups is 2. The largest absolute Gasteiger partial charge is 0.354 e. The summed E-state index contributed by atoms with van der Waals surface area (Å²) in [6.07, 6.45) is 0.877. The van der Waals surface area contributed by atoms with Crippen molar-refractivity contribution in [3.05, 3.63) is 130 Å². The molecular formula is C35H37ClFN3O4S. The molecule has 0 aliphatic carbocycles. The van der Waals surface area contributed by atoms with Crippen LogP contribution >= 0.6 is 11.6 Å². The van der Waals surface area contributed by atoms with Crippen LogP contribution in [0.3, 0.4) is 0 Å². The minimum Gasteiger partial charge on any atom is -0.354 e. The SMILES string of the molecule is CCCNC(=O)[C@H](Cc1ccccc1)N(Cc1ccc(F)cc1)C(=O)CN(c1ccc(Cl)cc1C)S(=O)(=O)c1ccc(C)cc1. The Morgan fingerprint density at radius 2 is 1.56 bits per heavy atom. The number of amides is 2. The zero-order chi connectivity index (χ0) is 32.6. The maximum Gasteiger partial charge on any atom is 0.264 e. The highest BCUT2D eigenvalue weighted by Gasteiger charge is 2.35. The first-order valence-corrected chi connectivity index (χ1v) is 16.5. The van der Waals surface area contributed by atoms with Crippen molar-refractivity contribution >= 4 is 39.1 Å². The number of nitrogens with zero attached hydrogens (tertiary/aromatic N) is 2. The highest BCUT2D eigenvalue weighted by atomic mass is 35.5. The van der Waals surface area contributed by atoms with E-state index >= 15 is 0 Å². The van der Waals surface area contributed by atoms with Gasteiger partial charge in [0.05, 0.1) is 10.6 Å². The fraction of sp³-hybridized carbons (Fsp3) is 0.257. The average molecular weight is 650 g/mol. The molecule has 4 rings (SSSR count). The summed E-state index contributed by atoms with van der Waals surface area (Å²) in [6.45, 7) is 5.26. The van der Waals surface area contributed by atoms with Crippen LogP contribution in [0, 0.1) is 19.7 Å². The summed E-state index contributed by atoms with van der Waals surface area (Å²) in [7, 11) is -4.24. The number of nitrogens with one attached hydrogen (secondary N) is 1. The second-order valence-electron chi connectivity index (χ2n) is 10.9. The molecule has 0 bridgehead atoms. The van der Waals surface area contributed by atoms with E-state index in [2.05, 4.69) is 5.32 Å². The molecule has 0 fully saturated rings. The van der Waals surface area contributed by atoms with Crippen LogP contribution in [0.15, 0.2) is 102 Å². The summed E-state index contributed by atoms with van der Waals surface area (Å²) in [5, 5.41) is 3.33. The smallest absolute Gasteiger partial charge is 0.264 e. The van der Waals surface area contributed by atoms with Gasteiger partial charge in [0.25, 0.3) is 10.0 Å². The minimum absolute atomic E-state index is 0.0156. The number of hydrogen-bond acceptors (Lipinski definition) is 4. The van der Waals surface area contributed by atoms with E-state index in [9.17, 15) is 22.4 Å². The third kappa shape index (κ3) is 8.71. The van der Waals surface area contributed by atoms with Gasteiger partial charge in [-0.05, 0) is 79.4 Å². The highest BCUT2D eigenvalue weighted by molar-refractivity contribution is 7.92. The highest BCUT2D eigenvalue weighted by Crippen LogP contribution is 2.30. The number of sulfonamides is 1. The second-order valence-corrected chi connectivity index (χ2v) is 13.2. The summed E-state index contributed by atoms with van der Waals surface area (Å²) in [5.74, 6) is -1.41. The van der Waals surface area contributed by atoms with E-state index in [4.69, 9.17) is 11.6 Å². The maximum absolute atomic E-state index is 14.5. The summed E-state index contributed by atoms with van der Waals surface area (Å²) < 4.78 is 43.2. The van der Waals surface area contributed by atoms with Gasteiger partial charge in [-0.25, -0.2) is 12.8 Å². The van der Waals surface area contributed by atoms with Crippen LogP contribution in [0.1, 0.15) is 35.6 Å². The van der Waals surface area contributed by atoms with Crippen molar-refractivity contribution in [2.75, 3.05) is 17.4 Å². The first-order chi connectivity index (χ1) is 21.5. The van der Waals surface area contributed by atoms with Gasteiger partial charge in [-0.15, -0.1) is 0 Å². The van der Waals surface area contributed by atoms with Gasteiger partial charge in [0.1, 0.15) is 18.4 Å². The minimum atomic E-state index is -4.24. The van der Waals surface area contributed by atoms with Crippen molar-refractivity contribution in [2.24, 2.45) is 0 Å². The third-order valence-electron chi connectivity index (χ3n) is 7.40. The topological polar surface area (TPSA) is 86.8 Å². The summed E-state index contributed by atoms with van der Waals surface area (Å²) in [5.41, 5.74) is 3.12. The molecule has 0 heterocycles. The molecule has 1 atom stereocenters. The maximum atomic E-state index is 14.5. The van der Waals surface area contributed by atoms with E-state index in [-0.39, 0.29) is 29.5 Å². The van der Waals surface area contributed by atoms with Gasteiger partial charge in [0, 0.05) is 24.5 Å². The second kappa shape index (κ2) is 15.2. The molecule has 10 heteroatoms. The van der Waals surface area contributed by atoms with Gasteiger partial charge in [-0.3, -0.25) is 13.9 Å². The quantitative estimate of drug-likeness (QED) is 0.180. The molecule has 45 heavy (non-hydrogen) atoms. The Bertz CT molecular complexity index is 1720. The van der Waals surface area contributed by atoms with Crippen LogP contribution in [-0.2, 0) is 32.6 Å². The summed E-state index contributed by atoms with van der Waals surface area (Å²) in [6, 6.07) is 25.1. The molecule has 0 spiro atoms. The van der Waals surface area contributed by atoms with Crippen molar-refractivity contribution in [2.45, 2.75) is 51.1 Å². The first-order valence-electron chi connectivity index (χ1n) is 14.7. The van der Waals surface area contributed by atoms with Gasteiger partial charge >= 0.3 is 0 Å². The van der Waals surface area contributed by atoms with Crippen LogP contribution in [0.25, 0.3) is 0 Å². The standard InChI is InChI=1S/C35H37ClFN3O4S/c1-4-20-38-35(42)33(22-27-8-6-5-7-9-27)39(23-28-12-15-30(37)16-13-28)34(41)24-40(32-19-14-29(36)21-26(32)3)45(43,44)31-17-10-25(2)11-18-31/h5-19,21,33H,4,20,22-24H2,1-3H3,(H,38,42)/t33-/m0/s1. The Morgan fingerprint density at radius 1 is 0.889 bits per heavy atom. The van der Waals surface area contributed by atoms with Gasteiger partial charge in [0.15, 0.2) is 0 Å². The Balaban J connectivity index is 1.81. The van der Waals surface area contributed by atoms with E-state index < -0.39 is 34.3 Å². The predicted molar refractivity (Wildman–Crippen MR) is 176 cm³/mol. The van der Waals surface area contributed by atoms with Crippen molar-refractivity contribution < 1.29 is 22.4 Å². The van der Waals surface area contributed by atoms with Crippen molar-refractivity contribution in [3.8, 4) is 0 Å². The lowest BCUT2D eigenvalue weighted by Gasteiger charge is -2.34. The molecular weight excluding hydrogens is 613 g/mol. The fourth-order valence-corrected chi connectivity index (χ4v) is 6.66. The number of carbonyl (C=O) groups excluding carboxylic acids is 2. The van der Waals surface area contributed by atoms with Gasteiger partial charge in [-0.1, -0.05) is 78.7 Å². The summed E-state index contributed by atoms with van der Waals surface area (Å²) >= 11 is 6.21. The van der Waals surface area contributed by atoms with Gasteiger partial charge < -0.3 is 10.2 Å². The number of aryl methyl sites for hydroxylation is 2. The van der Waals surface area contributed by atoms with Crippen LogP contribution in [0.5, 0.6) is 0 Å². The van der Waals surface area contributed by atoms with E-state index in [1.807, 2.05) is 44.2 Å². The van der Waals surface area contributed by atoms with E-state index in [1.54, 1.807) is 49.4 Å². The monoisotopic (exact) mass is 649 g/mol. The number of hydrogen-bond donors (Lipinski definition) is 1. The molecule has 0 aromatic heterocycles. The van der Waals surface area contributed by atoms with E-state index in [0.29, 0.717) is 29.1 Å². The normalized spacial score (nSPS) is 11.9. The van der Waals surface area contributed by atoms with Crippen molar-refractivity contribution in [3.63, 3.8) is 0 Å². The lowest BCUT2D eigenvalue weighted by Crippen LogP contribution is -2.53. The molecule has 0 aliphatic rings. The zero-order valence-corrected chi connectivity index (χ0v) is 27.1. The molecule has 2 amide bonds. The number of anilines is 1. The third-order valence-corrected chi connectivity index (χ3v) is 9.41. The Kier molecular flexibility index (Phi) is 11.4. The summed E-state index contributed by atoms with van der Waals surface area (Å²) in [4.78, 5) is 29.5. The molecule has 0 saturated heterocycles.